The third-order valence-corrected chi connectivity index (χ3v) is 3.68. The van der Waals surface area contributed by atoms with E-state index in [-0.39, 0.29) is 23.5 Å². The molecule has 0 bridgehead atoms. The lowest BCUT2D eigenvalue weighted by Crippen LogP contribution is -2.06. The Hall–Kier alpha value is -1.99. The molecule has 0 unspecified atom stereocenters. The standard InChI is InChI=1S/C16H11BrFNO/c1-10-3-4-11(14(17)7-10)8-16(20)13-6-5-12(19-2)9-15(13)18/h3-7,9H,8H2,1H3. The molecule has 4 heteroatoms. The maximum absolute atomic E-state index is 13.8. The van der Waals surface area contributed by atoms with Gasteiger partial charge in [-0.25, -0.2) is 9.24 Å². The van der Waals surface area contributed by atoms with Gasteiger partial charge in [-0.05, 0) is 30.2 Å². The van der Waals surface area contributed by atoms with Crippen LogP contribution in [0.3, 0.4) is 0 Å². The molecule has 0 aromatic heterocycles. The Labute approximate surface area is 125 Å². The van der Waals surface area contributed by atoms with Crippen molar-refractivity contribution in [2.45, 2.75) is 13.3 Å². The van der Waals surface area contributed by atoms with Crippen molar-refractivity contribution in [3.05, 3.63) is 74.8 Å². The zero-order valence-corrected chi connectivity index (χ0v) is 12.4. The summed E-state index contributed by atoms with van der Waals surface area (Å²) >= 11 is 3.40. The summed E-state index contributed by atoms with van der Waals surface area (Å²) in [5, 5.41) is 0. The summed E-state index contributed by atoms with van der Waals surface area (Å²) in [6.45, 7) is 8.77. The van der Waals surface area contributed by atoms with Crippen LogP contribution < -0.4 is 0 Å². The predicted octanol–water partition coefficient (Wildman–Crippen LogP) is 4.87. The maximum Gasteiger partial charge on any atom is 0.190 e. The number of rotatable bonds is 3. The molecule has 0 aliphatic rings. The molecule has 2 aromatic rings. The Balaban J connectivity index is 2.26. The van der Waals surface area contributed by atoms with Gasteiger partial charge in [-0.15, -0.1) is 0 Å². The Kier molecular flexibility index (Phi) is 4.31. The summed E-state index contributed by atoms with van der Waals surface area (Å²) in [7, 11) is 0. The summed E-state index contributed by atoms with van der Waals surface area (Å²) in [6, 6.07) is 9.58. The Morgan fingerprint density at radius 2 is 2.05 bits per heavy atom. The number of nitrogens with zero attached hydrogens (tertiary/aromatic N) is 1. The summed E-state index contributed by atoms with van der Waals surface area (Å²) < 4.78 is 14.6. The molecule has 0 spiro atoms. The van der Waals surface area contributed by atoms with Crippen molar-refractivity contribution in [2.24, 2.45) is 0 Å². The van der Waals surface area contributed by atoms with E-state index in [1.54, 1.807) is 0 Å². The molecule has 100 valence electrons. The fourth-order valence-electron chi connectivity index (χ4n) is 1.86. The first-order valence-electron chi connectivity index (χ1n) is 5.96. The zero-order chi connectivity index (χ0) is 14.7. The van der Waals surface area contributed by atoms with Crippen LogP contribution in [0.2, 0.25) is 0 Å². The maximum atomic E-state index is 13.8. The second-order valence-corrected chi connectivity index (χ2v) is 5.33. The second-order valence-electron chi connectivity index (χ2n) is 4.47. The topological polar surface area (TPSA) is 21.4 Å². The van der Waals surface area contributed by atoms with Crippen LogP contribution >= 0.6 is 15.9 Å². The molecule has 0 saturated carbocycles. The van der Waals surface area contributed by atoms with Crippen LogP contribution in [0.15, 0.2) is 40.9 Å². The van der Waals surface area contributed by atoms with Gasteiger partial charge in [0.15, 0.2) is 11.5 Å². The van der Waals surface area contributed by atoms with Gasteiger partial charge in [-0.2, -0.15) is 0 Å². The number of Topliss-reactive ketones (excluding diaryl/α,β-unsaturated/α-hetero) is 1. The van der Waals surface area contributed by atoms with Crippen molar-refractivity contribution < 1.29 is 9.18 Å². The van der Waals surface area contributed by atoms with E-state index in [0.29, 0.717) is 0 Å². The molecule has 2 aromatic carbocycles. The Morgan fingerprint density at radius 1 is 1.30 bits per heavy atom. The average molecular weight is 332 g/mol. The molecule has 20 heavy (non-hydrogen) atoms. The molecule has 0 N–H and O–H groups in total. The van der Waals surface area contributed by atoms with Gasteiger partial charge >= 0.3 is 0 Å². The Morgan fingerprint density at radius 3 is 2.65 bits per heavy atom. The van der Waals surface area contributed by atoms with E-state index in [9.17, 15) is 9.18 Å². The van der Waals surface area contributed by atoms with Gasteiger partial charge in [0.1, 0.15) is 5.82 Å². The molecule has 0 aliphatic heterocycles. The SMILES string of the molecule is [C-]#[N+]c1ccc(C(=O)Cc2ccc(C)cc2Br)c(F)c1. The molecule has 0 atom stereocenters. The van der Waals surface area contributed by atoms with E-state index in [1.165, 1.54) is 12.1 Å². The number of aryl methyl sites for hydroxylation is 1. The number of carbonyl (C=O) groups excluding carboxylic acids is 1. The van der Waals surface area contributed by atoms with Crippen LogP contribution in [0.4, 0.5) is 10.1 Å². The van der Waals surface area contributed by atoms with Crippen LogP contribution in [0.25, 0.3) is 4.85 Å². The van der Waals surface area contributed by atoms with Gasteiger partial charge in [0, 0.05) is 10.9 Å². The van der Waals surface area contributed by atoms with Crippen LogP contribution in [0, 0.1) is 19.3 Å². The smallest absolute Gasteiger partial charge is 0.190 e. The zero-order valence-electron chi connectivity index (χ0n) is 10.8. The van der Waals surface area contributed by atoms with Crippen molar-refractivity contribution in [3.63, 3.8) is 0 Å². The van der Waals surface area contributed by atoms with Crippen LogP contribution in [0.1, 0.15) is 21.5 Å². The van der Waals surface area contributed by atoms with E-state index in [1.807, 2.05) is 25.1 Å². The van der Waals surface area contributed by atoms with E-state index in [4.69, 9.17) is 6.57 Å². The number of hydrogen-bond acceptors (Lipinski definition) is 1. The lowest BCUT2D eigenvalue weighted by Gasteiger charge is -2.06. The number of hydrogen-bond donors (Lipinski definition) is 0. The predicted molar refractivity (Wildman–Crippen MR) is 79.6 cm³/mol. The largest absolute Gasteiger partial charge is 0.294 e. The number of carbonyl (C=O) groups is 1. The highest BCUT2D eigenvalue weighted by atomic mass is 79.9. The highest BCUT2D eigenvalue weighted by Gasteiger charge is 2.14. The first kappa shape index (κ1) is 14.4. The Bertz CT molecular complexity index is 719. The van der Waals surface area contributed by atoms with E-state index >= 15 is 0 Å². The van der Waals surface area contributed by atoms with Crippen molar-refractivity contribution in [1.29, 1.82) is 0 Å². The molecule has 2 rings (SSSR count). The van der Waals surface area contributed by atoms with Crippen molar-refractivity contribution in [2.75, 3.05) is 0 Å². The number of ketones is 1. The summed E-state index contributed by atoms with van der Waals surface area (Å²) in [4.78, 5) is 15.3. The van der Waals surface area contributed by atoms with E-state index in [0.717, 1.165) is 21.7 Å². The van der Waals surface area contributed by atoms with Crippen molar-refractivity contribution in [3.8, 4) is 0 Å². The van der Waals surface area contributed by atoms with Gasteiger partial charge in [0.2, 0.25) is 0 Å². The van der Waals surface area contributed by atoms with Crippen LogP contribution in [0.5, 0.6) is 0 Å². The summed E-state index contributed by atoms with van der Waals surface area (Å²) in [5.41, 5.74) is 2.11. The minimum atomic E-state index is -0.647. The normalized spacial score (nSPS) is 10.1. The molecule has 0 heterocycles. The molecule has 0 saturated heterocycles. The van der Waals surface area contributed by atoms with Crippen LogP contribution in [-0.4, -0.2) is 5.78 Å². The highest BCUT2D eigenvalue weighted by Crippen LogP contribution is 2.22. The molecular weight excluding hydrogens is 321 g/mol. The molecule has 2 nitrogen and oxygen atoms in total. The molecule has 0 fully saturated rings. The quantitative estimate of drug-likeness (QED) is 0.580. The number of benzene rings is 2. The van der Waals surface area contributed by atoms with Crippen molar-refractivity contribution in [1.82, 2.24) is 0 Å². The number of halogens is 2. The minimum Gasteiger partial charge on any atom is -0.294 e. The van der Waals surface area contributed by atoms with Gasteiger partial charge in [-0.1, -0.05) is 40.2 Å². The highest BCUT2D eigenvalue weighted by molar-refractivity contribution is 9.10. The first-order chi connectivity index (χ1) is 9.51. The fourth-order valence-corrected chi connectivity index (χ4v) is 2.50. The van der Waals surface area contributed by atoms with Crippen molar-refractivity contribution >= 4 is 27.4 Å². The first-order valence-corrected chi connectivity index (χ1v) is 6.76. The van der Waals surface area contributed by atoms with E-state index in [2.05, 4.69) is 20.8 Å². The third kappa shape index (κ3) is 3.12. The van der Waals surface area contributed by atoms with Gasteiger partial charge < -0.3 is 0 Å². The fraction of sp³-hybridized carbons (Fsp3) is 0.125. The lowest BCUT2D eigenvalue weighted by atomic mass is 10.0. The van der Waals surface area contributed by atoms with Crippen LogP contribution in [-0.2, 0) is 6.42 Å². The van der Waals surface area contributed by atoms with Gasteiger partial charge in [0.05, 0.1) is 12.1 Å². The van der Waals surface area contributed by atoms with E-state index < -0.39 is 5.82 Å². The summed E-state index contributed by atoms with van der Waals surface area (Å²) in [6.07, 6.45) is 0.120. The third-order valence-electron chi connectivity index (χ3n) is 2.94. The average Bonchev–Trinajstić information content (AvgIpc) is 2.41. The monoisotopic (exact) mass is 331 g/mol. The van der Waals surface area contributed by atoms with Gasteiger partial charge in [0.25, 0.3) is 0 Å². The molecule has 0 amide bonds. The molecular formula is C16H11BrFNO. The minimum absolute atomic E-state index is 0.0184. The lowest BCUT2D eigenvalue weighted by molar-refractivity contribution is 0.0989. The molecule has 0 radical (unpaired) electrons. The molecule has 0 aliphatic carbocycles. The van der Waals surface area contributed by atoms with Gasteiger partial charge in [-0.3, -0.25) is 4.79 Å². The summed E-state index contributed by atoms with van der Waals surface area (Å²) in [5.74, 6) is -0.949. The second kappa shape index (κ2) is 5.98.